The molecule has 1 aromatic heterocycles. The maximum absolute atomic E-state index is 12.2. The molecule has 29 heavy (non-hydrogen) atoms. The minimum atomic E-state index is -0.736. The van der Waals surface area contributed by atoms with Crippen molar-refractivity contribution in [1.82, 2.24) is 0 Å². The first kappa shape index (κ1) is 20.0. The summed E-state index contributed by atoms with van der Waals surface area (Å²) in [6.07, 6.45) is 1.11. The van der Waals surface area contributed by atoms with Crippen molar-refractivity contribution < 1.29 is 28.2 Å². The SMILES string of the molecule is COc1ccc(COC(=O)c2cc(=O)c(OCc3ccc(OC)cc3)co2)cc1. The molecule has 0 bridgehead atoms. The molecule has 1 heterocycles. The fraction of sp³-hybridized carbons (Fsp3) is 0.182. The molecule has 7 heteroatoms. The number of hydrogen-bond acceptors (Lipinski definition) is 7. The molecule has 7 nitrogen and oxygen atoms in total. The summed E-state index contributed by atoms with van der Waals surface area (Å²) in [7, 11) is 3.15. The van der Waals surface area contributed by atoms with Crippen LogP contribution in [0.5, 0.6) is 17.2 Å². The molecule has 0 atom stereocenters. The normalized spacial score (nSPS) is 10.3. The quantitative estimate of drug-likeness (QED) is 0.538. The van der Waals surface area contributed by atoms with Crippen LogP contribution in [0.1, 0.15) is 21.7 Å². The molecule has 0 aliphatic rings. The van der Waals surface area contributed by atoms with E-state index < -0.39 is 11.4 Å². The van der Waals surface area contributed by atoms with E-state index in [1.807, 2.05) is 12.1 Å². The maximum atomic E-state index is 12.2. The second kappa shape index (κ2) is 9.45. The maximum Gasteiger partial charge on any atom is 0.374 e. The first-order valence-corrected chi connectivity index (χ1v) is 8.77. The molecule has 0 N–H and O–H groups in total. The van der Waals surface area contributed by atoms with Crippen molar-refractivity contribution >= 4 is 5.97 Å². The monoisotopic (exact) mass is 396 g/mol. The number of ether oxygens (including phenoxy) is 4. The standard InChI is InChI=1S/C22H20O7/c1-25-17-7-3-15(4-8-17)12-27-21-14-28-20(11-19(21)23)22(24)29-13-16-5-9-18(26-2)10-6-16/h3-11,14H,12-13H2,1-2H3. The van der Waals surface area contributed by atoms with Crippen LogP contribution in [0.15, 0.2) is 70.1 Å². The molecule has 3 rings (SSSR count). The summed E-state index contributed by atoms with van der Waals surface area (Å²) in [6, 6.07) is 15.4. The lowest BCUT2D eigenvalue weighted by Crippen LogP contribution is -2.12. The molecule has 0 aliphatic carbocycles. The van der Waals surface area contributed by atoms with Gasteiger partial charge >= 0.3 is 5.97 Å². The molecule has 0 fully saturated rings. The molecule has 0 unspecified atom stereocenters. The molecule has 2 aromatic carbocycles. The molecule has 0 saturated heterocycles. The van der Waals surface area contributed by atoms with E-state index in [0.29, 0.717) is 5.75 Å². The van der Waals surface area contributed by atoms with Gasteiger partial charge in [-0.3, -0.25) is 4.79 Å². The van der Waals surface area contributed by atoms with Crippen LogP contribution < -0.4 is 19.6 Å². The summed E-state index contributed by atoms with van der Waals surface area (Å²) in [5.74, 6) is 0.509. The van der Waals surface area contributed by atoms with E-state index in [4.69, 9.17) is 23.4 Å². The molecule has 0 aliphatic heterocycles. The molecule has 3 aromatic rings. The fourth-order valence-corrected chi connectivity index (χ4v) is 2.44. The number of rotatable bonds is 8. The van der Waals surface area contributed by atoms with Crippen molar-refractivity contribution in [3.63, 3.8) is 0 Å². The van der Waals surface area contributed by atoms with Gasteiger partial charge in [0.05, 0.1) is 14.2 Å². The summed E-state index contributed by atoms with van der Waals surface area (Å²) in [5.41, 5.74) is 1.16. The van der Waals surface area contributed by atoms with Crippen LogP contribution in [0.3, 0.4) is 0 Å². The van der Waals surface area contributed by atoms with Gasteiger partial charge in [-0.2, -0.15) is 0 Å². The zero-order valence-electron chi connectivity index (χ0n) is 16.0. The van der Waals surface area contributed by atoms with E-state index in [0.717, 1.165) is 29.2 Å². The molecular weight excluding hydrogens is 376 g/mol. The van der Waals surface area contributed by atoms with Gasteiger partial charge in [0.2, 0.25) is 16.9 Å². The van der Waals surface area contributed by atoms with E-state index in [1.54, 1.807) is 50.6 Å². The molecule has 0 spiro atoms. The highest BCUT2D eigenvalue weighted by Crippen LogP contribution is 2.15. The Bertz CT molecular complexity index is 1000. The highest BCUT2D eigenvalue weighted by atomic mass is 16.5. The third-order valence-corrected chi connectivity index (χ3v) is 4.08. The van der Waals surface area contributed by atoms with E-state index in [9.17, 15) is 9.59 Å². The number of carbonyl (C=O) groups excluding carboxylic acids is 1. The van der Waals surface area contributed by atoms with Crippen molar-refractivity contribution in [3.8, 4) is 17.2 Å². The summed E-state index contributed by atoms with van der Waals surface area (Å²) in [6.45, 7) is 0.221. The average Bonchev–Trinajstić information content (AvgIpc) is 2.77. The van der Waals surface area contributed by atoms with E-state index in [1.165, 1.54) is 0 Å². The van der Waals surface area contributed by atoms with Crippen LogP contribution in [0, 0.1) is 0 Å². The number of benzene rings is 2. The van der Waals surface area contributed by atoms with Crippen LogP contribution in [0.25, 0.3) is 0 Å². The number of hydrogen-bond donors (Lipinski definition) is 0. The predicted octanol–water partition coefficient (Wildman–Crippen LogP) is 3.59. The predicted molar refractivity (Wildman–Crippen MR) is 104 cm³/mol. The third-order valence-electron chi connectivity index (χ3n) is 4.08. The van der Waals surface area contributed by atoms with Gasteiger partial charge in [0.25, 0.3) is 0 Å². The van der Waals surface area contributed by atoms with Crippen LogP contribution >= 0.6 is 0 Å². The molecule has 150 valence electrons. The Kier molecular flexibility index (Phi) is 6.52. The number of carbonyl (C=O) groups is 1. The largest absolute Gasteiger partial charge is 0.497 e. The first-order valence-electron chi connectivity index (χ1n) is 8.77. The molecule has 0 radical (unpaired) electrons. The van der Waals surface area contributed by atoms with Gasteiger partial charge in [-0.05, 0) is 35.4 Å². The van der Waals surface area contributed by atoms with Gasteiger partial charge in [-0.15, -0.1) is 0 Å². The Balaban J connectivity index is 1.57. The second-order valence-electron chi connectivity index (χ2n) is 6.03. The summed E-state index contributed by atoms with van der Waals surface area (Å²) < 4.78 is 26.0. The summed E-state index contributed by atoms with van der Waals surface area (Å²) in [5, 5.41) is 0. The van der Waals surface area contributed by atoms with E-state index in [2.05, 4.69) is 0 Å². The van der Waals surface area contributed by atoms with E-state index >= 15 is 0 Å². The van der Waals surface area contributed by atoms with Gasteiger partial charge in [0.1, 0.15) is 31.0 Å². The Morgan fingerprint density at radius 1 is 0.862 bits per heavy atom. The molecule has 0 saturated carbocycles. The first-order chi connectivity index (χ1) is 14.1. The third kappa shape index (κ3) is 5.38. The van der Waals surface area contributed by atoms with Crippen molar-refractivity contribution in [2.24, 2.45) is 0 Å². The Labute approximate surface area is 167 Å². The van der Waals surface area contributed by atoms with Crippen LogP contribution in [-0.2, 0) is 18.0 Å². The van der Waals surface area contributed by atoms with Gasteiger partial charge in [0, 0.05) is 6.07 Å². The lowest BCUT2D eigenvalue weighted by Gasteiger charge is -2.07. The lowest BCUT2D eigenvalue weighted by atomic mass is 10.2. The minimum Gasteiger partial charge on any atom is -0.497 e. The van der Waals surface area contributed by atoms with Crippen molar-refractivity contribution in [2.45, 2.75) is 13.2 Å². The zero-order valence-corrected chi connectivity index (χ0v) is 16.0. The van der Waals surface area contributed by atoms with Crippen molar-refractivity contribution in [2.75, 3.05) is 14.2 Å². The number of methoxy groups -OCH3 is 2. The van der Waals surface area contributed by atoms with Crippen LogP contribution in [-0.4, -0.2) is 20.2 Å². The van der Waals surface area contributed by atoms with Gasteiger partial charge in [0.15, 0.2) is 0 Å². The molecule has 0 amide bonds. The topological polar surface area (TPSA) is 84.2 Å². The van der Waals surface area contributed by atoms with Crippen LogP contribution in [0.2, 0.25) is 0 Å². The summed E-state index contributed by atoms with van der Waals surface area (Å²) in [4.78, 5) is 24.3. The Hall–Kier alpha value is -3.74. The Morgan fingerprint density at radius 3 is 1.93 bits per heavy atom. The smallest absolute Gasteiger partial charge is 0.374 e. The van der Waals surface area contributed by atoms with Crippen LogP contribution in [0.4, 0.5) is 0 Å². The zero-order chi connectivity index (χ0) is 20.6. The van der Waals surface area contributed by atoms with E-state index in [-0.39, 0.29) is 24.7 Å². The van der Waals surface area contributed by atoms with Gasteiger partial charge in [-0.1, -0.05) is 24.3 Å². The van der Waals surface area contributed by atoms with Gasteiger partial charge in [-0.25, -0.2) is 4.79 Å². The Morgan fingerprint density at radius 2 is 1.41 bits per heavy atom. The van der Waals surface area contributed by atoms with Crippen molar-refractivity contribution in [3.05, 3.63) is 88.0 Å². The number of esters is 1. The summed E-state index contributed by atoms with van der Waals surface area (Å²) >= 11 is 0. The van der Waals surface area contributed by atoms with Gasteiger partial charge < -0.3 is 23.4 Å². The fourth-order valence-electron chi connectivity index (χ4n) is 2.44. The second-order valence-corrected chi connectivity index (χ2v) is 6.03. The van der Waals surface area contributed by atoms with Crippen molar-refractivity contribution in [1.29, 1.82) is 0 Å². The minimum absolute atomic E-state index is 0.00697. The molecular formula is C22H20O7. The average molecular weight is 396 g/mol. The highest BCUT2D eigenvalue weighted by Gasteiger charge is 2.14. The lowest BCUT2D eigenvalue weighted by molar-refractivity contribution is 0.0432. The highest BCUT2D eigenvalue weighted by molar-refractivity contribution is 5.86.